The van der Waals surface area contributed by atoms with Gasteiger partial charge in [0.1, 0.15) is 5.75 Å². The lowest BCUT2D eigenvalue weighted by Crippen LogP contribution is -2.33. The Morgan fingerprint density at radius 2 is 1.82 bits per heavy atom. The van der Waals surface area contributed by atoms with Crippen LogP contribution in [0.3, 0.4) is 0 Å². The molecule has 0 radical (unpaired) electrons. The van der Waals surface area contributed by atoms with Gasteiger partial charge in [0.25, 0.3) is 9.05 Å². The topological polar surface area (TPSA) is 46.6 Å². The molecule has 2 aromatic rings. The van der Waals surface area contributed by atoms with E-state index in [0.717, 1.165) is 29.7 Å². The maximum absolute atomic E-state index is 12.2. The molecule has 0 bridgehead atoms. The fourth-order valence-corrected chi connectivity index (χ4v) is 4.06. The Labute approximate surface area is 166 Å². The molecule has 0 saturated heterocycles. The van der Waals surface area contributed by atoms with Crippen LogP contribution in [0, 0.1) is 0 Å². The van der Waals surface area contributed by atoms with Gasteiger partial charge >= 0.3 is 6.18 Å². The molecule has 0 saturated carbocycles. The molecule has 9 heteroatoms. The van der Waals surface area contributed by atoms with Crippen LogP contribution in [0.1, 0.15) is 29.7 Å². The standard InChI is InChI=1S/C19H19ClF3NO3S/c1-13(14-2-5-17(6-3-14)27-12-19(21,22)23)24-9-8-15-4-7-18(28(20,25)26)10-16(15)11-24/h2-7,10,13H,8-9,11-12H2,1H3/t13-/m1/s1. The molecule has 28 heavy (non-hydrogen) atoms. The van der Waals surface area contributed by atoms with Gasteiger partial charge in [0.15, 0.2) is 6.61 Å². The second-order valence-corrected chi connectivity index (χ2v) is 9.30. The summed E-state index contributed by atoms with van der Waals surface area (Å²) in [5.74, 6) is 0.161. The van der Waals surface area contributed by atoms with Crippen molar-refractivity contribution >= 4 is 19.7 Å². The van der Waals surface area contributed by atoms with Gasteiger partial charge in [-0.1, -0.05) is 18.2 Å². The molecule has 0 amide bonds. The first-order chi connectivity index (χ1) is 13.0. The first kappa shape index (κ1) is 21.0. The van der Waals surface area contributed by atoms with Crippen molar-refractivity contribution in [3.63, 3.8) is 0 Å². The van der Waals surface area contributed by atoms with E-state index < -0.39 is 21.8 Å². The zero-order valence-corrected chi connectivity index (χ0v) is 16.6. The van der Waals surface area contributed by atoms with Gasteiger partial charge in [0.05, 0.1) is 4.90 Å². The van der Waals surface area contributed by atoms with Crippen molar-refractivity contribution < 1.29 is 26.3 Å². The van der Waals surface area contributed by atoms with Gasteiger partial charge in [-0.3, -0.25) is 4.90 Å². The number of fused-ring (bicyclic) bond motifs is 1. The number of halogens is 4. The summed E-state index contributed by atoms with van der Waals surface area (Å²) in [6.45, 7) is 2.02. The fourth-order valence-electron chi connectivity index (χ4n) is 3.26. The number of ether oxygens (including phenoxy) is 1. The predicted octanol–water partition coefficient (Wildman–Crippen LogP) is 4.67. The van der Waals surface area contributed by atoms with Crippen LogP contribution in [0.15, 0.2) is 47.4 Å². The molecule has 0 aliphatic carbocycles. The number of nitrogens with zero attached hydrogens (tertiary/aromatic N) is 1. The lowest BCUT2D eigenvalue weighted by atomic mass is 9.97. The van der Waals surface area contributed by atoms with Crippen molar-refractivity contribution in [1.29, 1.82) is 0 Å². The summed E-state index contributed by atoms with van der Waals surface area (Å²) in [6.07, 6.45) is -3.60. The summed E-state index contributed by atoms with van der Waals surface area (Å²) < 4.78 is 64.6. The molecule has 0 aromatic heterocycles. The molecule has 1 aliphatic heterocycles. The molecule has 0 spiro atoms. The largest absolute Gasteiger partial charge is 0.484 e. The second-order valence-electron chi connectivity index (χ2n) is 6.74. The van der Waals surface area contributed by atoms with Crippen LogP contribution in [0.2, 0.25) is 0 Å². The van der Waals surface area contributed by atoms with Crippen molar-refractivity contribution in [2.24, 2.45) is 0 Å². The van der Waals surface area contributed by atoms with Crippen molar-refractivity contribution in [1.82, 2.24) is 4.90 Å². The third-order valence-electron chi connectivity index (χ3n) is 4.81. The lowest BCUT2D eigenvalue weighted by molar-refractivity contribution is -0.153. The Balaban J connectivity index is 1.71. The molecule has 1 heterocycles. The molecule has 4 nitrogen and oxygen atoms in total. The van der Waals surface area contributed by atoms with E-state index >= 15 is 0 Å². The Bertz CT molecular complexity index is 946. The van der Waals surface area contributed by atoms with E-state index in [1.807, 2.05) is 6.92 Å². The number of rotatable bonds is 5. The van der Waals surface area contributed by atoms with E-state index in [-0.39, 0.29) is 16.7 Å². The minimum Gasteiger partial charge on any atom is -0.484 e. The molecular formula is C19H19ClF3NO3S. The Morgan fingerprint density at radius 1 is 1.14 bits per heavy atom. The first-order valence-corrected chi connectivity index (χ1v) is 10.9. The number of hydrogen-bond acceptors (Lipinski definition) is 4. The fraction of sp³-hybridized carbons (Fsp3) is 0.368. The summed E-state index contributed by atoms with van der Waals surface area (Å²) in [7, 11) is 1.65. The monoisotopic (exact) mass is 433 g/mol. The summed E-state index contributed by atoms with van der Waals surface area (Å²) >= 11 is 0. The van der Waals surface area contributed by atoms with Crippen LogP contribution in [0.4, 0.5) is 13.2 Å². The van der Waals surface area contributed by atoms with Crippen LogP contribution in [0.25, 0.3) is 0 Å². The molecule has 2 aromatic carbocycles. The first-order valence-electron chi connectivity index (χ1n) is 8.63. The Morgan fingerprint density at radius 3 is 2.43 bits per heavy atom. The van der Waals surface area contributed by atoms with Gasteiger partial charge in [-0.25, -0.2) is 8.42 Å². The molecule has 0 N–H and O–H groups in total. The lowest BCUT2D eigenvalue weighted by Gasteiger charge is -2.34. The average molecular weight is 434 g/mol. The van der Waals surface area contributed by atoms with Gasteiger partial charge in [0, 0.05) is 29.8 Å². The Kier molecular flexibility index (Phi) is 5.93. The maximum Gasteiger partial charge on any atom is 0.422 e. The average Bonchev–Trinajstić information content (AvgIpc) is 2.64. The highest BCUT2D eigenvalue weighted by atomic mass is 35.7. The number of benzene rings is 2. The second kappa shape index (κ2) is 7.93. The van der Waals surface area contributed by atoms with Crippen LogP contribution < -0.4 is 4.74 Å². The molecule has 0 fully saturated rings. The van der Waals surface area contributed by atoms with E-state index in [0.29, 0.717) is 6.54 Å². The van der Waals surface area contributed by atoms with Crippen LogP contribution in [0.5, 0.6) is 5.75 Å². The molecule has 1 atom stereocenters. The zero-order chi connectivity index (χ0) is 20.5. The van der Waals surface area contributed by atoms with E-state index in [2.05, 4.69) is 4.90 Å². The number of alkyl halides is 3. The normalized spacial score (nSPS) is 16.5. The SMILES string of the molecule is C[C@H](c1ccc(OCC(F)(F)F)cc1)N1CCc2ccc(S(=O)(=O)Cl)cc2C1. The zero-order valence-electron chi connectivity index (χ0n) is 15.0. The molecule has 1 aliphatic rings. The van der Waals surface area contributed by atoms with Gasteiger partial charge in [-0.15, -0.1) is 0 Å². The van der Waals surface area contributed by atoms with E-state index in [9.17, 15) is 21.6 Å². The van der Waals surface area contributed by atoms with Crippen LogP contribution in [-0.2, 0) is 22.0 Å². The van der Waals surface area contributed by atoms with Crippen molar-refractivity contribution in [3.8, 4) is 5.75 Å². The summed E-state index contributed by atoms with van der Waals surface area (Å²) in [6, 6.07) is 11.4. The smallest absolute Gasteiger partial charge is 0.422 e. The van der Waals surface area contributed by atoms with E-state index in [1.54, 1.807) is 24.3 Å². The number of hydrogen-bond donors (Lipinski definition) is 0. The molecule has 3 rings (SSSR count). The van der Waals surface area contributed by atoms with Gasteiger partial charge in [-0.05, 0) is 54.3 Å². The minimum atomic E-state index is -4.37. The van der Waals surface area contributed by atoms with Crippen molar-refractivity contribution in [2.75, 3.05) is 13.2 Å². The van der Waals surface area contributed by atoms with Crippen LogP contribution >= 0.6 is 10.7 Å². The van der Waals surface area contributed by atoms with Gasteiger partial charge < -0.3 is 4.74 Å². The van der Waals surface area contributed by atoms with Gasteiger partial charge in [0.2, 0.25) is 0 Å². The molecule has 0 unspecified atom stereocenters. The third kappa shape index (κ3) is 5.18. The minimum absolute atomic E-state index is 0.00100. The maximum atomic E-state index is 12.2. The third-order valence-corrected chi connectivity index (χ3v) is 6.17. The highest BCUT2D eigenvalue weighted by Crippen LogP contribution is 2.30. The van der Waals surface area contributed by atoms with Crippen LogP contribution in [-0.4, -0.2) is 32.6 Å². The molecule has 152 valence electrons. The van der Waals surface area contributed by atoms with Gasteiger partial charge in [-0.2, -0.15) is 13.2 Å². The highest BCUT2D eigenvalue weighted by Gasteiger charge is 2.28. The van der Waals surface area contributed by atoms with Crippen molar-refractivity contribution in [3.05, 3.63) is 59.2 Å². The quantitative estimate of drug-likeness (QED) is 0.643. The molecular weight excluding hydrogens is 415 g/mol. The van der Waals surface area contributed by atoms with E-state index in [4.69, 9.17) is 15.4 Å². The van der Waals surface area contributed by atoms with E-state index in [1.165, 1.54) is 18.2 Å². The van der Waals surface area contributed by atoms with Crippen molar-refractivity contribution in [2.45, 2.75) is 37.0 Å². The summed E-state index contributed by atoms with van der Waals surface area (Å²) in [4.78, 5) is 2.26. The highest BCUT2D eigenvalue weighted by molar-refractivity contribution is 8.13. The summed E-state index contributed by atoms with van der Waals surface area (Å²) in [5.41, 5.74) is 2.93. The predicted molar refractivity (Wildman–Crippen MR) is 100 cm³/mol. The summed E-state index contributed by atoms with van der Waals surface area (Å²) in [5, 5.41) is 0. The Hall–Kier alpha value is -1.77.